The molecule has 0 radical (unpaired) electrons. The molecular weight excluding hydrogens is 709 g/mol. The smallest absolute Gasteiger partial charge is 0.457 e. The van der Waals surface area contributed by atoms with Crippen LogP contribution in [0.3, 0.4) is 0 Å². The van der Waals surface area contributed by atoms with Crippen molar-refractivity contribution >= 4 is 13.8 Å². The van der Waals surface area contributed by atoms with E-state index in [0.717, 1.165) is 51.4 Å². The molecule has 0 aliphatic rings. The summed E-state index contributed by atoms with van der Waals surface area (Å²) in [6, 6.07) is 0. The number of ether oxygens (including phenoxy) is 2. The fourth-order valence-corrected chi connectivity index (χ4v) is 6.45. The first kappa shape index (κ1) is 53.2. The molecule has 0 aromatic heterocycles. The van der Waals surface area contributed by atoms with Crippen molar-refractivity contribution in [3.8, 4) is 0 Å². The number of hydrogen-bond acceptors (Lipinski definition) is 6. The van der Waals surface area contributed by atoms with Gasteiger partial charge >= 0.3 is 13.8 Å². The molecule has 0 aromatic rings. The first-order valence-corrected chi connectivity index (χ1v) is 23.5. The van der Waals surface area contributed by atoms with Crippen LogP contribution in [0.1, 0.15) is 168 Å². The highest BCUT2D eigenvalue weighted by molar-refractivity contribution is 7.47. The van der Waals surface area contributed by atoms with Crippen LogP contribution in [-0.4, -0.2) is 75.6 Å². The number of carbonyl (C=O) groups excluding carboxylic acids is 1. The number of esters is 1. The van der Waals surface area contributed by atoms with Crippen LogP contribution >= 0.6 is 7.82 Å². The van der Waals surface area contributed by atoms with Crippen LogP contribution in [0.5, 0.6) is 0 Å². The first-order valence-electron chi connectivity index (χ1n) is 22.0. The van der Waals surface area contributed by atoms with E-state index in [1.54, 1.807) is 0 Å². The second kappa shape index (κ2) is 39.0. The number of phosphoric ester groups is 1. The highest BCUT2D eigenvalue weighted by Gasteiger charge is 2.26. The van der Waals surface area contributed by atoms with Crippen LogP contribution < -0.4 is 0 Å². The van der Waals surface area contributed by atoms with Crippen LogP contribution in [0, 0.1) is 0 Å². The third kappa shape index (κ3) is 43.2. The number of nitrogens with zero attached hydrogens (tertiary/aromatic N) is 1. The maximum absolute atomic E-state index is 12.7. The van der Waals surface area contributed by atoms with Crippen LogP contribution in [0.4, 0.5) is 0 Å². The highest BCUT2D eigenvalue weighted by atomic mass is 31.2. The van der Waals surface area contributed by atoms with Gasteiger partial charge in [-0.05, 0) is 51.4 Å². The van der Waals surface area contributed by atoms with Crippen molar-refractivity contribution in [3.05, 3.63) is 60.8 Å². The average molecular weight is 795 g/mol. The van der Waals surface area contributed by atoms with Crippen molar-refractivity contribution in [2.45, 2.75) is 174 Å². The van der Waals surface area contributed by atoms with E-state index < -0.39 is 13.9 Å². The molecule has 1 N–H and O–H groups in total. The Kier molecular flexibility index (Phi) is 37.8. The third-order valence-electron chi connectivity index (χ3n) is 9.09. The molecule has 0 saturated heterocycles. The van der Waals surface area contributed by atoms with E-state index in [-0.39, 0.29) is 32.2 Å². The van der Waals surface area contributed by atoms with Crippen molar-refractivity contribution in [3.63, 3.8) is 0 Å². The van der Waals surface area contributed by atoms with Crippen molar-refractivity contribution in [1.82, 2.24) is 0 Å². The van der Waals surface area contributed by atoms with E-state index in [1.165, 1.54) is 89.9 Å². The molecule has 2 unspecified atom stereocenters. The predicted octanol–water partition coefficient (Wildman–Crippen LogP) is 12.9. The highest BCUT2D eigenvalue weighted by Crippen LogP contribution is 2.43. The zero-order chi connectivity index (χ0) is 40.6. The zero-order valence-electron chi connectivity index (χ0n) is 36.1. The fraction of sp³-hybridized carbons (Fsp3) is 0.761. The Labute approximate surface area is 339 Å². The van der Waals surface area contributed by atoms with Crippen molar-refractivity contribution in [1.29, 1.82) is 0 Å². The molecule has 55 heavy (non-hydrogen) atoms. The lowest BCUT2D eigenvalue weighted by molar-refractivity contribution is -0.870. The molecule has 0 fully saturated rings. The Morgan fingerprint density at radius 2 is 1.04 bits per heavy atom. The second-order valence-electron chi connectivity index (χ2n) is 15.7. The summed E-state index contributed by atoms with van der Waals surface area (Å²) in [7, 11) is 1.63. The third-order valence-corrected chi connectivity index (χ3v) is 10.1. The van der Waals surface area contributed by atoms with E-state index in [9.17, 15) is 14.3 Å². The Morgan fingerprint density at radius 3 is 1.51 bits per heavy atom. The zero-order valence-corrected chi connectivity index (χ0v) is 37.0. The van der Waals surface area contributed by atoms with Gasteiger partial charge < -0.3 is 18.9 Å². The SMILES string of the molecule is CC/C=C\C/C=C\C/C=C\C/C=C\C/C=C\CCCC(=O)OC(COCCCCCCCCCCCCCCCCCC)COP(=O)(O)OCC[N+](C)(C)C. The van der Waals surface area contributed by atoms with Crippen molar-refractivity contribution in [2.24, 2.45) is 0 Å². The van der Waals surface area contributed by atoms with Gasteiger partial charge in [0, 0.05) is 13.0 Å². The molecule has 0 spiro atoms. The number of quaternary nitrogens is 1. The molecule has 2 atom stereocenters. The number of phosphoric acid groups is 1. The normalized spacial score (nSPS) is 14.4. The molecule has 0 heterocycles. The van der Waals surface area contributed by atoms with Crippen LogP contribution in [-0.2, 0) is 27.9 Å². The molecule has 0 rings (SSSR count). The van der Waals surface area contributed by atoms with Crippen molar-refractivity contribution < 1.29 is 37.3 Å². The fourth-order valence-electron chi connectivity index (χ4n) is 5.71. The lowest BCUT2D eigenvalue weighted by Gasteiger charge is -2.24. The van der Waals surface area contributed by atoms with Gasteiger partial charge in [0.15, 0.2) is 0 Å². The number of allylic oxidation sites excluding steroid dienone is 10. The van der Waals surface area contributed by atoms with Gasteiger partial charge in [-0.15, -0.1) is 0 Å². The maximum Gasteiger partial charge on any atom is 0.472 e. The topological polar surface area (TPSA) is 91.3 Å². The van der Waals surface area contributed by atoms with Gasteiger partial charge in [0.1, 0.15) is 19.3 Å². The Morgan fingerprint density at radius 1 is 0.582 bits per heavy atom. The summed E-state index contributed by atoms with van der Waals surface area (Å²) in [4.78, 5) is 22.9. The molecule has 9 heteroatoms. The van der Waals surface area contributed by atoms with Crippen LogP contribution in [0.25, 0.3) is 0 Å². The molecule has 0 aromatic carbocycles. The van der Waals surface area contributed by atoms with E-state index in [0.29, 0.717) is 24.1 Å². The van der Waals surface area contributed by atoms with Gasteiger partial charge in [-0.3, -0.25) is 13.8 Å². The van der Waals surface area contributed by atoms with Gasteiger partial charge in [0.05, 0.1) is 34.4 Å². The molecule has 0 saturated carbocycles. The Bertz CT molecular complexity index is 1060. The summed E-state index contributed by atoms with van der Waals surface area (Å²) in [5.41, 5.74) is 0. The summed E-state index contributed by atoms with van der Waals surface area (Å²) in [6.45, 7) is 5.43. The molecule has 8 nitrogen and oxygen atoms in total. The van der Waals surface area contributed by atoms with E-state index >= 15 is 0 Å². The molecule has 0 amide bonds. The molecule has 0 aliphatic heterocycles. The quantitative estimate of drug-likeness (QED) is 0.0217. The van der Waals surface area contributed by atoms with Gasteiger partial charge in [-0.2, -0.15) is 0 Å². The first-order chi connectivity index (χ1) is 26.6. The van der Waals surface area contributed by atoms with Gasteiger partial charge in [-0.1, -0.05) is 171 Å². The number of hydrogen-bond donors (Lipinski definition) is 1. The lowest BCUT2D eigenvalue weighted by atomic mass is 10.0. The standard InChI is InChI=1S/C46H84NO7P/c1-6-8-10-12-14-16-18-20-22-24-25-27-29-31-33-35-37-39-46(48)54-45(44-53-55(49,50)52-42-40-47(3,4)5)43-51-41-38-36-34-32-30-28-26-23-21-19-17-15-13-11-9-7-2/h8,10,14,16,20,22,25,27,31,33,45H,6-7,9,11-13,15,17-19,21,23-24,26,28-30,32,34-44H2,1-5H3/p+1/b10-8-,16-14-,22-20-,27-25-,33-31-. The van der Waals surface area contributed by atoms with Crippen LogP contribution in [0.15, 0.2) is 60.8 Å². The maximum atomic E-state index is 12.7. The average Bonchev–Trinajstić information content (AvgIpc) is 3.13. The van der Waals surface area contributed by atoms with Gasteiger partial charge in [0.25, 0.3) is 0 Å². The Hall–Kier alpha value is -1.80. The summed E-state index contributed by atoms with van der Waals surface area (Å²) >= 11 is 0. The van der Waals surface area contributed by atoms with Crippen molar-refractivity contribution in [2.75, 3.05) is 54.1 Å². The summed E-state index contributed by atoms with van der Waals surface area (Å²) < 4.78 is 34.9. The molecule has 0 bridgehead atoms. The van der Waals surface area contributed by atoms with Gasteiger partial charge in [0.2, 0.25) is 0 Å². The molecule has 0 aliphatic carbocycles. The van der Waals surface area contributed by atoms with E-state index in [1.807, 2.05) is 21.1 Å². The monoisotopic (exact) mass is 795 g/mol. The van der Waals surface area contributed by atoms with Gasteiger partial charge in [-0.25, -0.2) is 4.57 Å². The van der Waals surface area contributed by atoms with E-state index in [4.69, 9.17) is 18.5 Å². The minimum absolute atomic E-state index is 0.0767. The number of likely N-dealkylation sites (N-methyl/N-ethyl adjacent to an activating group) is 1. The van der Waals surface area contributed by atoms with E-state index in [2.05, 4.69) is 74.6 Å². The second-order valence-corrected chi connectivity index (χ2v) is 17.2. The van der Waals surface area contributed by atoms with Crippen LogP contribution in [0.2, 0.25) is 0 Å². The predicted molar refractivity (Wildman–Crippen MR) is 233 cm³/mol. The molecule has 320 valence electrons. The molecular formula is C46H85NO7P+. The summed E-state index contributed by atoms with van der Waals surface area (Å²) in [6.07, 6.45) is 48.3. The number of carbonyl (C=O) groups is 1. The number of unbranched alkanes of at least 4 members (excludes halogenated alkanes) is 16. The lowest BCUT2D eigenvalue weighted by Crippen LogP contribution is -2.37. The minimum Gasteiger partial charge on any atom is -0.457 e. The minimum atomic E-state index is -4.29. The Balaban J connectivity index is 4.33. The summed E-state index contributed by atoms with van der Waals surface area (Å²) in [5.74, 6) is -0.370. The summed E-state index contributed by atoms with van der Waals surface area (Å²) in [5, 5.41) is 0. The largest absolute Gasteiger partial charge is 0.472 e. The number of rotatable bonds is 40.